The van der Waals surface area contributed by atoms with Gasteiger partial charge in [0.25, 0.3) is 5.91 Å². The molecule has 1 aliphatic rings. The number of hydrogen-bond acceptors (Lipinski definition) is 3. The van der Waals surface area contributed by atoms with Crippen LogP contribution in [0.1, 0.15) is 47.2 Å². The molecule has 0 spiro atoms. The first-order valence-corrected chi connectivity index (χ1v) is 7.13. The number of nitrogens with zero attached hydrogens (tertiary/aromatic N) is 1. The van der Waals surface area contributed by atoms with Gasteiger partial charge < -0.3 is 14.6 Å². The third-order valence-corrected chi connectivity index (χ3v) is 3.98. The second kappa shape index (κ2) is 5.78. The van der Waals surface area contributed by atoms with Crippen LogP contribution in [0, 0.1) is 20.8 Å². The van der Waals surface area contributed by atoms with Crippen molar-refractivity contribution in [3.8, 4) is 0 Å². The van der Waals surface area contributed by atoms with Gasteiger partial charge in [0, 0.05) is 24.7 Å². The highest BCUT2D eigenvalue weighted by molar-refractivity contribution is 5.97. The van der Waals surface area contributed by atoms with Gasteiger partial charge in [-0.2, -0.15) is 0 Å². The van der Waals surface area contributed by atoms with E-state index in [1.807, 2.05) is 25.7 Å². The summed E-state index contributed by atoms with van der Waals surface area (Å²) in [7, 11) is 0. The largest absolute Gasteiger partial charge is 0.466 e. The molecule has 0 aliphatic carbocycles. The van der Waals surface area contributed by atoms with Crippen molar-refractivity contribution in [2.75, 3.05) is 19.6 Å². The minimum Gasteiger partial charge on any atom is -0.466 e. The molecule has 4 nitrogen and oxygen atoms in total. The van der Waals surface area contributed by atoms with E-state index in [0.29, 0.717) is 6.04 Å². The molecule has 1 fully saturated rings. The Bertz CT molecular complexity index is 463. The summed E-state index contributed by atoms with van der Waals surface area (Å²) in [5.41, 5.74) is 1.74. The van der Waals surface area contributed by atoms with Crippen LogP contribution in [-0.4, -0.2) is 36.5 Å². The average Bonchev–Trinajstić information content (AvgIpc) is 2.63. The number of aryl methyl sites for hydroxylation is 2. The number of furan rings is 1. The molecule has 1 aromatic rings. The number of amides is 1. The maximum absolute atomic E-state index is 12.6. The molecule has 1 atom stereocenters. The summed E-state index contributed by atoms with van der Waals surface area (Å²) in [6.07, 6.45) is 2.22. The zero-order valence-corrected chi connectivity index (χ0v) is 12.4. The molecule has 1 unspecified atom stereocenters. The first kappa shape index (κ1) is 14.1. The summed E-state index contributed by atoms with van der Waals surface area (Å²) < 4.78 is 5.57. The summed E-state index contributed by atoms with van der Waals surface area (Å²) in [4.78, 5) is 14.6. The first-order valence-electron chi connectivity index (χ1n) is 7.13. The Morgan fingerprint density at radius 1 is 1.37 bits per heavy atom. The molecule has 4 heteroatoms. The summed E-state index contributed by atoms with van der Waals surface area (Å²) in [5, 5.41) is 3.44. The van der Waals surface area contributed by atoms with E-state index in [9.17, 15) is 4.79 Å². The molecular weight excluding hydrogens is 240 g/mol. The molecule has 1 saturated heterocycles. The van der Waals surface area contributed by atoms with Gasteiger partial charge in [-0.25, -0.2) is 0 Å². The Morgan fingerprint density at radius 3 is 2.68 bits per heavy atom. The van der Waals surface area contributed by atoms with E-state index < -0.39 is 0 Å². The van der Waals surface area contributed by atoms with Crippen molar-refractivity contribution in [2.24, 2.45) is 0 Å². The number of piperidine rings is 1. The molecule has 2 heterocycles. The monoisotopic (exact) mass is 264 g/mol. The lowest BCUT2D eigenvalue weighted by atomic mass is 10.0. The Labute approximate surface area is 115 Å². The molecule has 0 bridgehead atoms. The van der Waals surface area contributed by atoms with E-state index >= 15 is 0 Å². The number of likely N-dealkylation sites (tertiary alicyclic amines) is 1. The van der Waals surface area contributed by atoms with Gasteiger partial charge in [-0.15, -0.1) is 0 Å². The van der Waals surface area contributed by atoms with E-state index in [0.717, 1.165) is 55.1 Å². The van der Waals surface area contributed by atoms with Crippen LogP contribution in [0.15, 0.2) is 4.42 Å². The standard InChI is InChI=1S/C15H24N2O2/c1-5-16-13-7-6-8-17(9-13)15(18)14-10(2)11(3)19-12(14)4/h13,16H,5-9H2,1-4H3. The summed E-state index contributed by atoms with van der Waals surface area (Å²) in [5.74, 6) is 1.71. The normalized spacial score (nSPS) is 19.8. The van der Waals surface area contributed by atoms with E-state index in [1.165, 1.54) is 0 Å². The lowest BCUT2D eigenvalue weighted by Crippen LogP contribution is -2.48. The van der Waals surface area contributed by atoms with E-state index in [2.05, 4.69) is 12.2 Å². The second-order valence-corrected chi connectivity index (χ2v) is 5.36. The highest BCUT2D eigenvalue weighted by Gasteiger charge is 2.27. The van der Waals surface area contributed by atoms with Crippen LogP contribution in [0.2, 0.25) is 0 Å². The van der Waals surface area contributed by atoms with Crippen molar-refractivity contribution in [3.63, 3.8) is 0 Å². The van der Waals surface area contributed by atoms with Gasteiger partial charge in [-0.1, -0.05) is 6.92 Å². The Kier molecular flexibility index (Phi) is 4.30. The molecule has 19 heavy (non-hydrogen) atoms. The lowest BCUT2D eigenvalue weighted by molar-refractivity contribution is 0.0693. The summed E-state index contributed by atoms with van der Waals surface area (Å²) >= 11 is 0. The van der Waals surface area contributed by atoms with E-state index in [4.69, 9.17) is 4.42 Å². The predicted molar refractivity (Wildman–Crippen MR) is 75.5 cm³/mol. The Balaban J connectivity index is 2.15. The van der Waals surface area contributed by atoms with Gasteiger partial charge >= 0.3 is 0 Å². The Hall–Kier alpha value is -1.29. The van der Waals surface area contributed by atoms with Gasteiger partial charge in [0.15, 0.2) is 0 Å². The van der Waals surface area contributed by atoms with Crippen LogP contribution < -0.4 is 5.32 Å². The van der Waals surface area contributed by atoms with Gasteiger partial charge in [0.05, 0.1) is 5.56 Å². The average molecular weight is 264 g/mol. The number of rotatable bonds is 3. The van der Waals surface area contributed by atoms with E-state index in [1.54, 1.807) is 0 Å². The van der Waals surface area contributed by atoms with Crippen molar-refractivity contribution in [3.05, 3.63) is 22.6 Å². The fourth-order valence-electron chi connectivity index (χ4n) is 2.88. The molecule has 2 rings (SSSR count). The molecular formula is C15H24N2O2. The number of carbonyl (C=O) groups is 1. The van der Waals surface area contributed by atoms with Gasteiger partial charge in [0.1, 0.15) is 11.5 Å². The van der Waals surface area contributed by atoms with Crippen molar-refractivity contribution >= 4 is 5.91 Å². The highest BCUT2D eigenvalue weighted by Crippen LogP contribution is 2.23. The summed E-state index contributed by atoms with van der Waals surface area (Å²) in [6, 6.07) is 0.427. The fraction of sp³-hybridized carbons (Fsp3) is 0.667. The van der Waals surface area contributed by atoms with Crippen LogP contribution in [0.25, 0.3) is 0 Å². The van der Waals surface area contributed by atoms with Crippen LogP contribution in [0.4, 0.5) is 0 Å². The van der Waals surface area contributed by atoms with Crippen LogP contribution in [0.5, 0.6) is 0 Å². The Morgan fingerprint density at radius 2 is 2.11 bits per heavy atom. The molecule has 0 radical (unpaired) electrons. The lowest BCUT2D eigenvalue weighted by Gasteiger charge is -2.33. The highest BCUT2D eigenvalue weighted by atomic mass is 16.3. The third-order valence-electron chi connectivity index (χ3n) is 3.98. The van der Waals surface area contributed by atoms with Crippen LogP contribution >= 0.6 is 0 Å². The minimum absolute atomic E-state index is 0.120. The summed E-state index contributed by atoms with van der Waals surface area (Å²) in [6.45, 7) is 10.5. The van der Waals surface area contributed by atoms with Crippen molar-refractivity contribution in [2.45, 2.75) is 46.6 Å². The molecule has 1 aliphatic heterocycles. The number of nitrogens with one attached hydrogen (secondary N) is 1. The molecule has 1 N–H and O–H groups in total. The maximum Gasteiger partial charge on any atom is 0.257 e. The number of hydrogen-bond donors (Lipinski definition) is 1. The second-order valence-electron chi connectivity index (χ2n) is 5.36. The van der Waals surface area contributed by atoms with Crippen molar-refractivity contribution < 1.29 is 9.21 Å². The predicted octanol–water partition coefficient (Wildman–Crippen LogP) is 2.42. The number of carbonyl (C=O) groups excluding carboxylic acids is 1. The first-order chi connectivity index (χ1) is 9.04. The smallest absolute Gasteiger partial charge is 0.257 e. The molecule has 106 valence electrons. The van der Waals surface area contributed by atoms with Gasteiger partial charge in [-0.05, 0) is 40.2 Å². The fourth-order valence-corrected chi connectivity index (χ4v) is 2.88. The molecule has 1 amide bonds. The molecule has 0 aromatic carbocycles. The molecule has 1 aromatic heterocycles. The minimum atomic E-state index is 0.120. The number of likely N-dealkylation sites (N-methyl/N-ethyl adjacent to an activating group) is 1. The third kappa shape index (κ3) is 2.84. The maximum atomic E-state index is 12.6. The topological polar surface area (TPSA) is 45.5 Å². The molecule has 0 saturated carbocycles. The van der Waals surface area contributed by atoms with Crippen molar-refractivity contribution in [1.29, 1.82) is 0 Å². The van der Waals surface area contributed by atoms with Gasteiger partial charge in [0.2, 0.25) is 0 Å². The van der Waals surface area contributed by atoms with Crippen LogP contribution in [-0.2, 0) is 0 Å². The zero-order valence-electron chi connectivity index (χ0n) is 12.4. The zero-order chi connectivity index (χ0) is 14.0. The van der Waals surface area contributed by atoms with E-state index in [-0.39, 0.29) is 5.91 Å². The van der Waals surface area contributed by atoms with Gasteiger partial charge in [-0.3, -0.25) is 4.79 Å². The SMILES string of the molecule is CCNC1CCCN(C(=O)c2c(C)oc(C)c2C)C1. The van der Waals surface area contributed by atoms with Crippen LogP contribution in [0.3, 0.4) is 0 Å². The van der Waals surface area contributed by atoms with Crippen molar-refractivity contribution in [1.82, 2.24) is 10.2 Å². The quantitative estimate of drug-likeness (QED) is 0.912.